The van der Waals surface area contributed by atoms with Gasteiger partial charge in [-0.15, -0.1) is 0 Å². The molecule has 0 atom stereocenters. The van der Waals surface area contributed by atoms with Gasteiger partial charge in [-0.2, -0.15) is 5.26 Å². The van der Waals surface area contributed by atoms with Crippen LogP contribution in [0.25, 0.3) is 0 Å². The van der Waals surface area contributed by atoms with E-state index in [-0.39, 0.29) is 6.79 Å². The first-order chi connectivity index (χ1) is 12.1. The second kappa shape index (κ2) is 8.30. The summed E-state index contributed by atoms with van der Waals surface area (Å²) in [7, 11) is 0. The summed E-state index contributed by atoms with van der Waals surface area (Å²) in [5, 5.41) is 9.36. The smallest absolute Gasteiger partial charge is 0.231 e. The minimum absolute atomic E-state index is 0.262. The van der Waals surface area contributed by atoms with E-state index in [4.69, 9.17) is 24.2 Å². The Hall–Kier alpha value is -1.43. The summed E-state index contributed by atoms with van der Waals surface area (Å²) in [5.74, 6) is 3.08. The van der Waals surface area contributed by atoms with Crippen LogP contribution in [0.15, 0.2) is 33.2 Å². The second-order valence-corrected chi connectivity index (χ2v) is 7.33. The lowest BCUT2D eigenvalue weighted by Crippen LogP contribution is -1.92. The maximum absolute atomic E-state index is 8.55. The van der Waals surface area contributed by atoms with Crippen LogP contribution in [0.4, 0.5) is 0 Å². The largest absolute Gasteiger partial charge is 0.454 e. The van der Waals surface area contributed by atoms with Gasteiger partial charge in [-0.05, 0) is 35.4 Å². The molecule has 0 aliphatic carbocycles. The zero-order valence-corrected chi connectivity index (χ0v) is 17.6. The van der Waals surface area contributed by atoms with Gasteiger partial charge >= 0.3 is 0 Å². The van der Waals surface area contributed by atoms with Crippen molar-refractivity contribution < 1.29 is 18.9 Å². The average Bonchev–Trinajstić information content (AvgIpc) is 3.23. The third kappa shape index (κ3) is 4.22. The predicted molar refractivity (Wildman–Crippen MR) is 102 cm³/mol. The van der Waals surface area contributed by atoms with Crippen LogP contribution in [0.2, 0.25) is 0 Å². The summed E-state index contributed by atoms with van der Waals surface area (Å²) < 4.78 is 22.7. The topological polar surface area (TPSA) is 60.7 Å². The summed E-state index contributed by atoms with van der Waals surface area (Å²) in [6, 6.07) is 9.65. The Morgan fingerprint density at radius 1 is 0.800 bits per heavy atom. The second-order valence-electron chi connectivity index (χ2n) is 5.06. The molecule has 2 heterocycles. The van der Waals surface area contributed by atoms with E-state index in [1.54, 1.807) is 0 Å². The van der Waals surface area contributed by atoms with Crippen LogP contribution in [-0.2, 0) is 11.8 Å². The quantitative estimate of drug-likeness (QED) is 0.489. The van der Waals surface area contributed by atoms with Crippen molar-refractivity contribution in [3.8, 4) is 29.1 Å². The lowest BCUT2D eigenvalue weighted by atomic mass is 10.1. The highest BCUT2D eigenvalue weighted by molar-refractivity contribution is 9.11. The zero-order valence-electron chi connectivity index (χ0n) is 12.9. The minimum Gasteiger partial charge on any atom is -0.454 e. The number of halogens is 3. The molecule has 130 valence electrons. The van der Waals surface area contributed by atoms with E-state index in [1.165, 1.54) is 5.56 Å². The average molecular weight is 534 g/mol. The van der Waals surface area contributed by atoms with Crippen LogP contribution in [0.3, 0.4) is 0 Å². The van der Waals surface area contributed by atoms with E-state index in [9.17, 15) is 0 Å². The number of benzene rings is 2. The molecule has 8 heteroatoms. The molecule has 0 saturated carbocycles. The van der Waals surface area contributed by atoms with E-state index in [1.807, 2.05) is 24.3 Å². The Bertz CT molecular complexity index is 835. The Kier molecular flexibility index (Phi) is 6.10. The van der Waals surface area contributed by atoms with Crippen LogP contribution < -0.4 is 18.9 Å². The lowest BCUT2D eigenvalue weighted by Gasteiger charge is -2.01. The monoisotopic (exact) mass is 531 g/mol. The molecule has 4 rings (SSSR count). The number of ether oxygens (including phenoxy) is 4. The van der Waals surface area contributed by atoms with Crippen molar-refractivity contribution in [1.82, 2.24) is 0 Å². The van der Waals surface area contributed by atoms with Crippen LogP contribution in [0.5, 0.6) is 23.0 Å². The van der Waals surface area contributed by atoms with Gasteiger partial charge in [0.05, 0.1) is 12.5 Å². The molecule has 0 fully saturated rings. The van der Waals surface area contributed by atoms with Gasteiger partial charge in [0.25, 0.3) is 0 Å². The van der Waals surface area contributed by atoms with Gasteiger partial charge in [0.2, 0.25) is 13.6 Å². The van der Waals surface area contributed by atoms with E-state index >= 15 is 0 Å². The summed E-state index contributed by atoms with van der Waals surface area (Å²) in [6.07, 6.45) is 0.372. The molecule has 2 aromatic carbocycles. The van der Waals surface area contributed by atoms with Crippen LogP contribution in [0.1, 0.15) is 11.1 Å². The van der Waals surface area contributed by atoms with Crippen LogP contribution in [-0.4, -0.2) is 13.6 Å². The van der Waals surface area contributed by atoms with E-state index < -0.39 is 0 Å². The van der Waals surface area contributed by atoms with Gasteiger partial charge in [-0.3, -0.25) is 0 Å². The van der Waals surface area contributed by atoms with Gasteiger partial charge in [0, 0.05) is 14.3 Å². The van der Waals surface area contributed by atoms with Crippen molar-refractivity contribution in [3.05, 3.63) is 44.3 Å². The third-order valence-corrected chi connectivity index (χ3v) is 5.58. The Balaban J connectivity index is 0.000000146. The van der Waals surface area contributed by atoms with Crippen molar-refractivity contribution in [1.29, 1.82) is 5.26 Å². The maximum atomic E-state index is 8.55. The molecular weight excluding hydrogens is 522 g/mol. The van der Waals surface area contributed by atoms with Crippen LogP contribution >= 0.6 is 47.8 Å². The fourth-order valence-electron chi connectivity index (χ4n) is 2.24. The number of nitriles is 1. The normalized spacial score (nSPS) is 13.0. The molecule has 0 unspecified atom stereocenters. The highest BCUT2D eigenvalue weighted by atomic mass is 79.9. The van der Waals surface area contributed by atoms with Crippen molar-refractivity contribution in [2.24, 2.45) is 0 Å². The first-order valence-electron chi connectivity index (χ1n) is 7.21. The van der Waals surface area contributed by atoms with Gasteiger partial charge in [0.1, 0.15) is 0 Å². The van der Waals surface area contributed by atoms with Crippen LogP contribution in [0, 0.1) is 11.3 Å². The molecule has 0 amide bonds. The van der Waals surface area contributed by atoms with Crippen molar-refractivity contribution in [2.45, 2.75) is 11.8 Å². The summed E-state index contributed by atoms with van der Waals surface area (Å²) in [6.45, 7) is 0.589. The molecule has 0 saturated heterocycles. The number of hydrogen-bond acceptors (Lipinski definition) is 5. The fraction of sp³-hybridized carbons (Fsp3) is 0.235. The van der Waals surface area contributed by atoms with E-state index in [0.717, 1.165) is 37.1 Å². The highest BCUT2D eigenvalue weighted by Crippen LogP contribution is 2.38. The van der Waals surface area contributed by atoms with Crippen molar-refractivity contribution >= 4 is 47.8 Å². The fourth-order valence-corrected chi connectivity index (χ4v) is 4.01. The summed E-state index contributed by atoms with van der Waals surface area (Å²) in [5.41, 5.74) is 2.09. The minimum atomic E-state index is 0.262. The van der Waals surface area contributed by atoms with Gasteiger partial charge in [-0.25, -0.2) is 0 Å². The molecule has 0 aromatic heterocycles. The molecule has 2 aromatic rings. The van der Waals surface area contributed by atoms with Gasteiger partial charge in [0.15, 0.2) is 23.0 Å². The number of hydrogen-bond donors (Lipinski definition) is 0. The molecule has 0 bridgehead atoms. The first-order valence-corrected chi connectivity index (χ1v) is 9.92. The number of fused-ring (bicyclic) bond motifs is 2. The molecule has 0 radical (unpaired) electrons. The predicted octanol–water partition coefficient (Wildman–Crippen LogP) is 5.32. The molecule has 5 nitrogen and oxygen atoms in total. The van der Waals surface area contributed by atoms with Gasteiger partial charge in [-0.1, -0.05) is 47.8 Å². The van der Waals surface area contributed by atoms with E-state index in [2.05, 4.69) is 53.9 Å². The summed E-state index contributed by atoms with van der Waals surface area (Å²) in [4.78, 5) is 0. The molecule has 0 N–H and O–H groups in total. The maximum Gasteiger partial charge on any atom is 0.231 e. The number of nitrogens with zero attached hydrogens (tertiary/aromatic N) is 1. The highest BCUT2D eigenvalue weighted by Gasteiger charge is 2.16. The van der Waals surface area contributed by atoms with Crippen molar-refractivity contribution in [2.75, 3.05) is 13.6 Å². The summed E-state index contributed by atoms with van der Waals surface area (Å²) >= 11 is 10.2. The van der Waals surface area contributed by atoms with Crippen molar-refractivity contribution in [3.63, 3.8) is 0 Å². The lowest BCUT2D eigenvalue weighted by molar-refractivity contribution is 0.173. The SMILES string of the molecule is BrCc1cc2c(cc1Br)OCO2.N#CCc1cc2c(cc1Br)OCO2. The Morgan fingerprint density at radius 3 is 1.72 bits per heavy atom. The zero-order chi connectivity index (χ0) is 17.8. The third-order valence-electron chi connectivity index (χ3n) is 3.50. The standard InChI is InChI=1S/C9H6BrNO2.C8H6Br2O2/c10-7-4-9-8(12-5-13-9)3-6(7)1-2-11;9-3-5-1-7-8(2-6(5)10)12-4-11-7/h3-4H,1,5H2;1-2H,3-4H2. The molecule has 2 aliphatic rings. The number of alkyl halides is 1. The molecular formula is C17H12Br3NO4. The molecule has 0 spiro atoms. The molecule has 25 heavy (non-hydrogen) atoms. The molecule has 2 aliphatic heterocycles. The first kappa shape index (κ1) is 18.4. The number of rotatable bonds is 2. The Labute approximate surface area is 170 Å². The van der Waals surface area contributed by atoms with E-state index in [0.29, 0.717) is 19.0 Å². The van der Waals surface area contributed by atoms with Gasteiger partial charge < -0.3 is 18.9 Å². The Morgan fingerprint density at radius 2 is 1.24 bits per heavy atom.